The number of carbonyl (C=O) groups is 1. The largest absolute Gasteiger partial charge is 0.482 e. The van der Waals surface area contributed by atoms with Crippen molar-refractivity contribution in [3.05, 3.63) is 74.7 Å². The summed E-state index contributed by atoms with van der Waals surface area (Å²) in [6.45, 7) is 3.86. The number of hydrogen-bond donors (Lipinski definition) is 1. The van der Waals surface area contributed by atoms with Crippen LogP contribution in [-0.2, 0) is 4.79 Å². The molecule has 0 atom stereocenters. The van der Waals surface area contributed by atoms with Crippen LogP contribution < -0.4 is 10.1 Å². The number of nitrogens with zero attached hydrogens (tertiary/aromatic N) is 3. The third-order valence-corrected chi connectivity index (χ3v) is 5.52. The van der Waals surface area contributed by atoms with E-state index in [0.29, 0.717) is 17.0 Å². The highest BCUT2D eigenvalue weighted by Crippen LogP contribution is 2.32. The quantitative estimate of drug-likeness (QED) is 0.366. The van der Waals surface area contributed by atoms with Crippen LogP contribution in [0.3, 0.4) is 0 Å². The summed E-state index contributed by atoms with van der Waals surface area (Å²) in [4.78, 5) is 14.0. The predicted molar refractivity (Wildman–Crippen MR) is 124 cm³/mol. The van der Waals surface area contributed by atoms with E-state index in [4.69, 9.17) is 4.74 Å². The maximum atomic E-state index is 12.4. The normalized spacial score (nSPS) is 10.9. The smallest absolute Gasteiger partial charge is 0.262 e. The molecule has 6 nitrogen and oxygen atoms in total. The van der Waals surface area contributed by atoms with Gasteiger partial charge in [-0.05, 0) is 77.8 Å². The van der Waals surface area contributed by atoms with E-state index in [0.717, 1.165) is 25.7 Å². The molecule has 152 valence electrons. The van der Waals surface area contributed by atoms with Gasteiger partial charge in [-0.2, -0.15) is 4.80 Å². The van der Waals surface area contributed by atoms with Gasteiger partial charge in [0.2, 0.25) is 0 Å². The zero-order valence-corrected chi connectivity index (χ0v) is 19.5. The lowest BCUT2D eigenvalue weighted by Gasteiger charge is -2.12. The molecule has 0 bridgehead atoms. The number of ether oxygens (including phenoxy) is 1. The van der Waals surface area contributed by atoms with Crippen LogP contribution in [0.15, 0.2) is 63.5 Å². The van der Waals surface area contributed by atoms with Gasteiger partial charge in [-0.1, -0.05) is 33.6 Å². The average Bonchev–Trinajstić information content (AvgIpc) is 3.11. The van der Waals surface area contributed by atoms with Crippen LogP contribution in [0.25, 0.3) is 16.7 Å². The van der Waals surface area contributed by atoms with Crippen LogP contribution >= 0.6 is 31.9 Å². The first-order valence-corrected chi connectivity index (χ1v) is 10.8. The standard InChI is InChI=1S/C22H18Br2N4O2/c1-13-3-6-17(7-4-13)28-26-19-8-5-16(11-20(19)27-28)25-21(29)12-30-22-14(2)9-15(23)10-18(22)24/h3-11H,12H2,1-2H3,(H,25,29). The molecular formula is C22H18Br2N4O2. The molecule has 0 aliphatic rings. The Morgan fingerprint density at radius 2 is 1.73 bits per heavy atom. The van der Waals surface area contributed by atoms with Gasteiger partial charge >= 0.3 is 0 Å². The molecule has 4 rings (SSSR count). The predicted octanol–water partition coefficient (Wildman–Crippen LogP) is 5.58. The van der Waals surface area contributed by atoms with E-state index < -0.39 is 0 Å². The van der Waals surface area contributed by atoms with Crippen molar-refractivity contribution in [2.24, 2.45) is 0 Å². The molecule has 0 spiro atoms. The fourth-order valence-electron chi connectivity index (χ4n) is 2.99. The zero-order chi connectivity index (χ0) is 21.3. The Hall–Kier alpha value is -2.71. The summed E-state index contributed by atoms with van der Waals surface area (Å²) in [5.74, 6) is 0.388. The second-order valence-corrected chi connectivity index (χ2v) is 8.67. The van der Waals surface area contributed by atoms with E-state index in [1.165, 1.54) is 5.56 Å². The summed E-state index contributed by atoms with van der Waals surface area (Å²) in [6, 6.07) is 17.2. The maximum absolute atomic E-state index is 12.4. The minimum Gasteiger partial charge on any atom is -0.482 e. The molecule has 0 saturated heterocycles. The van der Waals surface area contributed by atoms with Crippen LogP contribution in [0.2, 0.25) is 0 Å². The SMILES string of the molecule is Cc1ccc(-n2nc3ccc(NC(=O)COc4c(C)cc(Br)cc4Br)cc3n2)cc1. The van der Waals surface area contributed by atoms with Crippen molar-refractivity contribution in [1.82, 2.24) is 15.0 Å². The highest BCUT2D eigenvalue weighted by atomic mass is 79.9. The zero-order valence-electron chi connectivity index (χ0n) is 16.3. The first kappa shape index (κ1) is 20.6. The molecule has 0 aliphatic carbocycles. The lowest BCUT2D eigenvalue weighted by atomic mass is 10.2. The Balaban J connectivity index is 1.46. The van der Waals surface area contributed by atoms with Crippen molar-refractivity contribution in [3.8, 4) is 11.4 Å². The number of nitrogens with one attached hydrogen (secondary N) is 1. The fraction of sp³-hybridized carbons (Fsp3) is 0.136. The van der Waals surface area contributed by atoms with Gasteiger partial charge in [-0.3, -0.25) is 4.79 Å². The molecule has 1 N–H and O–H groups in total. The van der Waals surface area contributed by atoms with Crippen molar-refractivity contribution < 1.29 is 9.53 Å². The topological polar surface area (TPSA) is 69.0 Å². The molecule has 1 aromatic heterocycles. The number of rotatable bonds is 5. The number of aryl methyl sites for hydroxylation is 2. The van der Waals surface area contributed by atoms with Gasteiger partial charge in [0, 0.05) is 10.2 Å². The number of benzene rings is 3. The van der Waals surface area contributed by atoms with Gasteiger partial charge in [-0.15, -0.1) is 10.2 Å². The summed E-state index contributed by atoms with van der Waals surface area (Å²) in [5, 5.41) is 11.9. The molecule has 3 aromatic carbocycles. The number of fused-ring (bicyclic) bond motifs is 1. The Labute approximate surface area is 190 Å². The van der Waals surface area contributed by atoms with Crippen LogP contribution in [-0.4, -0.2) is 27.5 Å². The van der Waals surface area contributed by atoms with Crippen molar-refractivity contribution in [3.63, 3.8) is 0 Å². The van der Waals surface area contributed by atoms with Gasteiger partial charge in [0.25, 0.3) is 5.91 Å². The maximum Gasteiger partial charge on any atom is 0.262 e. The number of halogens is 2. The van der Waals surface area contributed by atoms with E-state index in [9.17, 15) is 4.79 Å². The summed E-state index contributed by atoms with van der Waals surface area (Å²) in [6.07, 6.45) is 0. The van der Waals surface area contributed by atoms with Gasteiger partial charge in [-0.25, -0.2) is 0 Å². The van der Waals surface area contributed by atoms with E-state index >= 15 is 0 Å². The van der Waals surface area contributed by atoms with Crippen molar-refractivity contribution in [2.45, 2.75) is 13.8 Å². The Bertz CT molecular complexity index is 1210. The van der Waals surface area contributed by atoms with E-state index in [1.807, 2.05) is 56.3 Å². The molecule has 0 fully saturated rings. The van der Waals surface area contributed by atoms with Gasteiger partial charge in [0.1, 0.15) is 16.8 Å². The van der Waals surface area contributed by atoms with Crippen molar-refractivity contribution in [1.29, 1.82) is 0 Å². The molecule has 30 heavy (non-hydrogen) atoms. The number of amides is 1. The van der Waals surface area contributed by atoms with E-state index in [2.05, 4.69) is 47.4 Å². The van der Waals surface area contributed by atoms with Gasteiger partial charge in [0.15, 0.2) is 6.61 Å². The van der Waals surface area contributed by atoms with Crippen molar-refractivity contribution in [2.75, 3.05) is 11.9 Å². The average molecular weight is 530 g/mol. The Kier molecular flexibility index (Phi) is 5.87. The molecule has 0 unspecified atom stereocenters. The highest BCUT2D eigenvalue weighted by molar-refractivity contribution is 9.11. The molecule has 4 aromatic rings. The first-order valence-electron chi connectivity index (χ1n) is 9.21. The molecule has 8 heteroatoms. The van der Waals surface area contributed by atoms with E-state index in [1.54, 1.807) is 16.9 Å². The summed E-state index contributed by atoms with van der Waals surface area (Å²) < 4.78 is 7.43. The highest BCUT2D eigenvalue weighted by Gasteiger charge is 2.11. The van der Waals surface area contributed by atoms with Gasteiger partial charge < -0.3 is 10.1 Å². The summed E-state index contributed by atoms with van der Waals surface area (Å²) in [7, 11) is 0. The van der Waals surface area contributed by atoms with E-state index in [-0.39, 0.29) is 12.5 Å². The number of anilines is 1. The molecule has 1 amide bonds. The lowest BCUT2D eigenvalue weighted by molar-refractivity contribution is -0.118. The number of carbonyl (C=O) groups excluding carboxylic acids is 1. The Morgan fingerprint density at radius 1 is 1.00 bits per heavy atom. The lowest BCUT2D eigenvalue weighted by Crippen LogP contribution is -2.20. The monoisotopic (exact) mass is 528 g/mol. The summed E-state index contributed by atoms with van der Waals surface area (Å²) >= 11 is 6.90. The molecule has 0 radical (unpaired) electrons. The molecular weight excluding hydrogens is 512 g/mol. The van der Waals surface area contributed by atoms with Crippen molar-refractivity contribution >= 4 is 54.5 Å². The number of hydrogen-bond acceptors (Lipinski definition) is 4. The first-order chi connectivity index (χ1) is 14.4. The van der Waals surface area contributed by atoms with Crippen LogP contribution in [0.1, 0.15) is 11.1 Å². The third-order valence-electron chi connectivity index (χ3n) is 4.47. The second kappa shape index (κ2) is 8.57. The summed E-state index contributed by atoms with van der Waals surface area (Å²) in [5.41, 5.74) is 5.07. The second-order valence-electron chi connectivity index (χ2n) is 6.90. The Morgan fingerprint density at radius 3 is 2.47 bits per heavy atom. The fourth-order valence-corrected chi connectivity index (χ4v) is 4.55. The molecule has 0 saturated carbocycles. The van der Waals surface area contributed by atoms with Crippen LogP contribution in [0.4, 0.5) is 5.69 Å². The minimum atomic E-state index is -0.255. The number of aromatic nitrogens is 3. The molecule has 1 heterocycles. The minimum absolute atomic E-state index is 0.102. The van der Waals surface area contributed by atoms with Crippen LogP contribution in [0.5, 0.6) is 5.75 Å². The molecule has 0 aliphatic heterocycles. The third kappa shape index (κ3) is 4.55. The van der Waals surface area contributed by atoms with Gasteiger partial charge in [0.05, 0.1) is 10.2 Å². The van der Waals surface area contributed by atoms with Crippen LogP contribution in [0, 0.1) is 13.8 Å².